The first-order valence-corrected chi connectivity index (χ1v) is 14.0. The molecule has 0 radical (unpaired) electrons. The van der Waals surface area contributed by atoms with Crippen LogP contribution in [0.25, 0.3) is 6.08 Å². The number of aryl methyl sites for hydroxylation is 1. The maximum absolute atomic E-state index is 13.0. The molecule has 38 heavy (non-hydrogen) atoms. The van der Waals surface area contributed by atoms with E-state index in [0.29, 0.717) is 34.4 Å². The van der Waals surface area contributed by atoms with E-state index < -0.39 is 17.1 Å². The second-order valence-corrected chi connectivity index (χ2v) is 10.9. The van der Waals surface area contributed by atoms with Gasteiger partial charge in [0.15, 0.2) is 11.5 Å². The van der Waals surface area contributed by atoms with Crippen molar-refractivity contribution >= 4 is 74.8 Å². The first-order chi connectivity index (χ1) is 18.2. The Labute approximate surface area is 243 Å². The molecule has 3 amide bonds. The molecule has 0 atom stereocenters. The number of amides is 3. The fraction of sp³-hybridized carbons (Fsp3) is 0.179. The molecule has 1 fully saturated rings. The number of benzene rings is 3. The summed E-state index contributed by atoms with van der Waals surface area (Å²) in [4.78, 5) is 39.1. The van der Waals surface area contributed by atoms with Gasteiger partial charge in [0, 0.05) is 16.3 Å². The summed E-state index contributed by atoms with van der Waals surface area (Å²) in [5.74, 6) is 0.0940. The third kappa shape index (κ3) is 6.89. The standard InChI is InChI=1S/C28H24ClIN2O5S/c1-3-36-23-13-18(12-22(30)26(23)37-16-19-6-4-5-7-21(19)29)14-24-27(34)32(28(35)38-24)15-25(33)31-20-10-8-17(2)9-11-20/h4-14H,3,15-16H2,1-2H3,(H,31,33)/b24-14+. The zero-order chi connectivity index (χ0) is 27.2. The van der Waals surface area contributed by atoms with Crippen LogP contribution in [0.3, 0.4) is 0 Å². The van der Waals surface area contributed by atoms with Crippen molar-refractivity contribution in [2.24, 2.45) is 0 Å². The van der Waals surface area contributed by atoms with Crippen molar-refractivity contribution in [1.82, 2.24) is 4.90 Å². The molecular formula is C28H24ClIN2O5S. The van der Waals surface area contributed by atoms with Crippen LogP contribution in [0.1, 0.15) is 23.6 Å². The normalized spacial score (nSPS) is 14.2. The Morgan fingerprint density at radius 1 is 1.11 bits per heavy atom. The zero-order valence-corrected chi connectivity index (χ0v) is 24.4. The number of carbonyl (C=O) groups is 3. The molecule has 0 unspecified atom stereocenters. The number of nitrogens with one attached hydrogen (secondary N) is 1. The van der Waals surface area contributed by atoms with Gasteiger partial charge in [-0.2, -0.15) is 0 Å². The van der Waals surface area contributed by atoms with Crippen molar-refractivity contribution in [3.63, 3.8) is 0 Å². The lowest BCUT2D eigenvalue weighted by Gasteiger charge is -2.15. The van der Waals surface area contributed by atoms with Gasteiger partial charge in [0.25, 0.3) is 11.1 Å². The lowest BCUT2D eigenvalue weighted by Crippen LogP contribution is -2.36. The van der Waals surface area contributed by atoms with Crippen LogP contribution in [0.5, 0.6) is 11.5 Å². The van der Waals surface area contributed by atoms with E-state index in [9.17, 15) is 14.4 Å². The van der Waals surface area contributed by atoms with Crippen molar-refractivity contribution in [1.29, 1.82) is 0 Å². The molecular weight excluding hydrogens is 639 g/mol. The molecule has 1 N–H and O–H groups in total. The van der Waals surface area contributed by atoms with Gasteiger partial charge in [-0.3, -0.25) is 19.3 Å². The first-order valence-electron chi connectivity index (χ1n) is 11.7. The number of rotatable bonds is 9. The summed E-state index contributed by atoms with van der Waals surface area (Å²) in [7, 11) is 0. The van der Waals surface area contributed by atoms with Crippen molar-refractivity contribution in [3.8, 4) is 11.5 Å². The van der Waals surface area contributed by atoms with Crippen LogP contribution in [0.15, 0.2) is 65.6 Å². The Balaban J connectivity index is 1.49. The van der Waals surface area contributed by atoms with E-state index in [1.165, 1.54) is 0 Å². The van der Waals surface area contributed by atoms with Crippen molar-refractivity contribution in [2.75, 3.05) is 18.5 Å². The second-order valence-electron chi connectivity index (χ2n) is 8.33. The Bertz CT molecular complexity index is 1410. The molecule has 1 aliphatic rings. The number of anilines is 1. The summed E-state index contributed by atoms with van der Waals surface area (Å²) in [5.41, 5.74) is 3.16. The number of halogens is 2. The van der Waals surface area contributed by atoms with Gasteiger partial charge in [-0.05, 0) is 90.2 Å². The third-order valence-corrected chi connectivity index (χ3v) is 7.55. The van der Waals surface area contributed by atoms with Crippen LogP contribution in [0.4, 0.5) is 10.5 Å². The van der Waals surface area contributed by atoms with E-state index in [0.717, 1.165) is 31.4 Å². The summed E-state index contributed by atoms with van der Waals surface area (Å²) < 4.78 is 12.6. The van der Waals surface area contributed by atoms with Crippen molar-refractivity contribution in [3.05, 3.63) is 90.9 Å². The predicted octanol–water partition coefficient (Wildman–Crippen LogP) is 6.91. The summed E-state index contributed by atoms with van der Waals surface area (Å²) >= 11 is 9.19. The molecule has 7 nitrogen and oxygen atoms in total. The van der Waals surface area contributed by atoms with Gasteiger partial charge in [0.05, 0.1) is 15.1 Å². The van der Waals surface area contributed by atoms with Crippen LogP contribution in [0, 0.1) is 10.5 Å². The molecule has 0 aliphatic carbocycles. The minimum Gasteiger partial charge on any atom is -0.490 e. The molecule has 3 aromatic carbocycles. The van der Waals surface area contributed by atoms with Gasteiger partial charge in [-0.15, -0.1) is 0 Å². The maximum Gasteiger partial charge on any atom is 0.294 e. The van der Waals surface area contributed by atoms with Gasteiger partial charge in [0.2, 0.25) is 5.91 Å². The van der Waals surface area contributed by atoms with E-state index in [4.69, 9.17) is 21.1 Å². The van der Waals surface area contributed by atoms with Gasteiger partial charge < -0.3 is 14.8 Å². The van der Waals surface area contributed by atoms with E-state index in [1.54, 1.807) is 30.3 Å². The Kier molecular flexibility index (Phi) is 9.35. The smallest absolute Gasteiger partial charge is 0.294 e. The topological polar surface area (TPSA) is 84.9 Å². The monoisotopic (exact) mass is 662 g/mol. The first kappa shape index (κ1) is 28.0. The van der Waals surface area contributed by atoms with E-state index in [-0.39, 0.29) is 18.1 Å². The molecule has 1 aliphatic heterocycles. The fourth-order valence-electron chi connectivity index (χ4n) is 3.61. The van der Waals surface area contributed by atoms with Crippen LogP contribution in [-0.4, -0.2) is 35.1 Å². The molecule has 196 valence electrons. The number of ether oxygens (including phenoxy) is 2. The van der Waals surface area contributed by atoms with Crippen LogP contribution in [-0.2, 0) is 16.2 Å². The molecule has 0 spiro atoms. The van der Waals surface area contributed by atoms with Crippen LogP contribution in [0.2, 0.25) is 5.02 Å². The minimum atomic E-state index is -0.522. The largest absolute Gasteiger partial charge is 0.490 e. The molecule has 10 heteroatoms. The molecule has 1 heterocycles. The quantitative estimate of drug-likeness (QED) is 0.198. The number of hydrogen-bond acceptors (Lipinski definition) is 6. The van der Waals surface area contributed by atoms with E-state index >= 15 is 0 Å². The average Bonchev–Trinajstić information content (AvgIpc) is 3.13. The Hall–Kier alpha value is -3.02. The summed E-state index contributed by atoms with van der Waals surface area (Å²) in [5, 5.41) is 2.82. The minimum absolute atomic E-state index is 0.223. The molecule has 4 rings (SSSR count). The van der Waals surface area contributed by atoms with Gasteiger partial charge >= 0.3 is 0 Å². The molecule has 0 aromatic heterocycles. The van der Waals surface area contributed by atoms with E-state index in [1.807, 2.05) is 50.2 Å². The zero-order valence-electron chi connectivity index (χ0n) is 20.6. The highest BCUT2D eigenvalue weighted by Crippen LogP contribution is 2.38. The highest BCUT2D eigenvalue weighted by molar-refractivity contribution is 14.1. The number of hydrogen-bond donors (Lipinski definition) is 1. The highest BCUT2D eigenvalue weighted by Gasteiger charge is 2.36. The molecule has 1 saturated heterocycles. The van der Waals surface area contributed by atoms with Crippen LogP contribution >= 0.6 is 46.0 Å². The number of imide groups is 1. The second kappa shape index (κ2) is 12.7. The SMILES string of the molecule is CCOc1cc(/C=C2/SC(=O)N(CC(=O)Nc3ccc(C)cc3)C2=O)cc(I)c1OCc1ccccc1Cl. The Morgan fingerprint density at radius 3 is 2.55 bits per heavy atom. The Morgan fingerprint density at radius 2 is 1.84 bits per heavy atom. The fourth-order valence-corrected chi connectivity index (χ4v) is 5.42. The lowest BCUT2D eigenvalue weighted by atomic mass is 10.1. The summed E-state index contributed by atoms with van der Waals surface area (Å²) in [6.45, 7) is 4.11. The molecule has 3 aromatic rings. The molecule has 0 saturated carbocycles. The highest BCUT2D eigenvalue weighted by atomic mass is 127. The van der Waals surface area contributed by atoms with Gasteiger partial charge in [-0.1, -0.05) is 47.5 Å². The average molecular weight is 663 g/mol. The summed E-state index contributed by atoms with van der Waals surface area (Å²) in [6, 6.07) is 18.3. The number of thioether (sulfide) groups is 1. The van der Waals surface area contributed by atoms with Crippen LogP contribution < -0.4 is 14.8 Å². The third-order valence-electron chi connectivity index (χ3n) is 5.47. The molecule has 0 bridgehead atoms. The predicted molar refractivity (Wildman–Crippen MR) is 159 cm³/mol. The number of carbonyl (C=O) groups excluding carboxylic acids is 3. The maximum atomic E-state index is 13.0. The van der Waals surface area contributed by atoms with Crippen molar-refractivity contribution < 1.29 is 23.9 Å². The summed E-state index contributed by atoms with van der Waals surface area (Å²) in [6.07, 6.45) is 1.62. The number of nitrogens with zero attached hydrogens (tertiary/aromatic N) is 1. The van der Waals surface area contributed by atoms with Gasteiger partial charge in [-0.25, -0.2) is 0 Å². The van der Waals surface area contributed by atoms with Crippen molar-refractivity contribution in [2.45, 2.75) is 20.5 Å². The van der Waals surface area contributed by atoms with E-state index in [2.05, 4.69) is 27.9 Å². The lowest BCUT2D eigenvalue weighted by molar-refractivity contribution is -0.127. The van der Waals surface area contributed by atoms with Gasteiger partial charge in [0.1, 0.15) is 13.2 Å².